The zero-order valence-corrected chi connectivity index (χ0v) is 20.6. The van der Waals surface area contributed by atoms with E-state index < -0.39 is 0 Å². The van der Waals surface area contributed by atoms with Gasteiger partial charge in [-0.1, -0.05) is 87.8 Å². The molecule has 0 saturated heterocycles. The first-order valence-corrected chi connectivity index (χ1v) is 12.7. The molecule has 0 unspecified atom stereocenters. The van der Waals surface area contributed by atoms with Crippen molar-refractivity contribution in [2.24, 2.45) is 0 Å². The third-order valence-corrected chi connectivity index (χ3v) is 5.96. The van der Waals surface area contributed by atoms with Gasteiger partial charge in [-0.2, -0.15) is 0 Å². The third kappa shape index (κ3) is 8.57. The highest BCUT2D eigenvalue weighted by Crippen LogP contribution is 2.13. The van der Waals surface area contributed by atoms with Gasteiger partial charge in [0, 0.05) is 22.3 Å². The van der Waals surface area contributed by atoms with Gasteiger partial charge in [-0.15, -0.1) is 0 Å². The molecule has 1 heteroatoms. The Labute approximate surface area is 205 Å². The molecule has 3 aromatic carbocycles. The van der Waals surface area contributed by atoms with Crippen molar-refractivity contribution in [1.29, 1.82) is 0 Å². The molecule has 34 heavy (non-hydrogen) atoms. The lowest BCUT2D eigenvalue weighted by Crippen LogP contribution is -1.91. The second-order valence-corrected chi connectivity index (χ2v) is 8.85. The number of halogens is 1. The Hall–Kier alpha value is -3.29. The van der Waals surface area contributed by atoms with Gasteiger partial charge in [0.15, 0.2) is 0 Å². The van der Waals surface area contributed by atoms with E-state index in [0.717, 1.165) is 47.9 Å². The van der Waals surface area contributed by atoms with E-state index in [1.54, 1.807) is 0 Å². The van der Waals surface area contributed by atoms with Crippen LogP contribution in [-0.2, 0) is 12.8 Å². The average Bonchev–Trinajstić information content (AvgIpc) is 2.87. The second kappa shape index (κ2) is 14.1. The summed E-state index contributed by atoms with van der Waals surface area (Å²) in [6.07, 6.45) is 10.5. The van der Waals surface area contributed by atoms with Crippen LogP contribution in [0.5, 0.6) is 0 Å². The zero-order chi connectivity index (χ0) is 24.0. The summed E-state index contributed by atoms with van der Waals surface area (Å²) >= 11 is 0. The Morgan fingerprint density at radius 2 is 1.03 bits per heavy atom. The smallest absolute Gasteiger partial charge is 0.127 e. The number of hydrogen-bond acceptors (Lipinski definition) is 0. The van der Waals surface area contributed by atoms with Crippen molar-refractivity contribution >= 4 is 0 Å². The summed E-state index contributed by atoms with van der Waals surface area (Å²) in [4.78, 5) is 0. The van der Waals surface area contributed by atoms with E-state index in [4.69, 9.17) is 0 Å². The van der Waals surface area contributed by atoms with E-state index in [1.807, 2.05) is 36.4 Å². The molecule has 0 saturated carbocycles. The van der Waals surface area contributed by atoms with Crippen LogP contribution in [0.4, 0.5) is 4.39 Å². The number of rotatable bonds is 9. The Bertz CT molecular complexity index is 1150. The molecule has 0 heterocycles. The summed E-state index contributed by atoms with van der Waals surface area (Å²) in [6.45, 7) is 4.36. The van der Waals surface area contributed by atoms with Crippen molar-refractivity contribution in [3.8, 4) is 23.7 Å². The summed E-state index contributed by atoms with van der Waals surface area (Å²) in [6, 6.07) is 21.8. The molecule has 0 aromatic heterocycles. The van der Waals surface area contributed by atoms with Gasteiger partial charge in [-0.3, -0.25) is 0 Å². The molecule has 0 N–H and O–H groups in total. The van der Waals surface area contributed by atoms with E-state index in [2.05, 4.69) is 61.8 Å². The minimum atomic E-state index is -0.161. The van der Waals surface area contributed by atoms with Crippen LogP contribution >= 0.6 is 0 Å². The van der Waals surface area contributed by atoms with E-state index in [9.17, 15) is 4.39 Å². The van der Waals surface area contributed by atoms with E-state index >= 15 is 0 Å². The summed E-state index contributed by atoms with van der Waals surface area (Å²) in [5, 5.41) is 0. The lowest BCUT2D eigenvalue weighted by atomic mass is 10.0. The van der Waals surface area contributed by atoms with Crippen LogP contribution < -0.4 is 0 Å². The van der Waals surface area contributed by atoms with Gasteiger partial charge in [-0.05, 0) is 85.3 Å². The van der Waals surface area contributed by atoms with Crippen LogP contribution in [0.1, 0.15) is 92.2 Å². The topological polar surface area (TPSA) is 0 Å². The van der Waals surface area contributed by atoms with Crippen molar-refractivity contribution < 1.29 is 4.39 Å². The normalized spacial score (nSPS) is 10.2. The van der Waals surface area contributed by atoms with E-state index in [1.165, 1.54) is 43.7 Å². The van der Waals surface area contributed by atoms with Gasteiger partial charge < -0.3 is 0 Å². The van der Waals surface area contributed by atoms with Gasteiger partial charge in [0.1, 0.15) is 5.82 Å². The molecular weight excluding hydrogens is 415 g/mol. The molecule has 0 bridgehead atoms. The maximum atomic E-state index is 14.2. The van der Waals surface area contributed by atoms with Gasteiger partial charge in [0.25, 0.3) is 0 Å². The minimum absolute atomic E-state index is 0.161. The van der Waals surface area contributed by atoms with Crippen molar-refractivity contribution in [1.82, 2.24) is 0 Å². The molecule has 0 radical (unpaired) electrons. The maximum absolute atomic E-state index is 14.2. The standard InChI is InChI=1S/C33H35F/c1-3-5-7-8-9-10-27-12-14-28(15-13-27)16-17-29-18-20-30(21-19-29)22-23-31-24-25-32(11-6-4-2)33(34)26-31/h12-15,18-21,24-26H,3-11H2,1-2H3. The Balaban J connectivity index is 1.55. The average molecular weight is 451 g/mol. The van der Waals surface area contributed by atoms with Crippen molar-refractivity contribution in [3.05, 3.63) is 106 Å². The molecule has 0 atom stereocenters. The fourth-order valence-corrected chi connectivity index (χ4v) is 3.81. The lowest BCUT2D eigenvalue weighted by molar-refractivity contribution is 0.603. The minimum Gasteiger partial charge on any atom is -0.207 e. The zero-order valence-electron chi connectivity index (χ0n) is 20.6. The van der Waals surface area contributed by atoms with Gasteiger partial charge >= 0.3 is 0 Å². The van der Waals surface area contributed by atoms with Crippen LogP contribution in [0.2, 0.25) is 0 Å². The lowest BCUT2D eigenvalue weighted by Gasteiger charge is -2.02. The number of hydrogen-bond donors (Lipinski definition) is 0. The van der Waals surface area contributed by atoms with E-state index in [0.29, 0.717) is 5.56 Å². The molecule has 0 amide bonds. The highest BCUT2D eigenvalue weighted by Gasteiger charge is 2.02. The van der Waals surface area contributed by atoms with Crippen LogP contribution in [-0.4, -0.2) is 0 Å². The molecular formula is C33H35F. The molecule has 0 aliphatic carbocycles. The molecule has 0 aliphatic heterocycles. The SMILES string of the molecule is CCCCCCCc1ccc(C#Cc2ccc(C#Cc3ccc(CCCC)c(F)c3)cc2)cc1. The summed E-state index contributed by atoms with van der Waals surface area (Å²) in [5.41, 5.74) is 5.74. The predicted octanol–water partition coefficient (Wildman–Crippen LogP) is 8.48. The number of benzene rings is 3. The predicted molar refractivity (Wildman–Crippen MR) is 142 cm³/mol. The molecule has 3 aromatic rings. The summed E-state index contributed by atoms with van der Waals surface area (Å²) in [7, 11) is 0. The monoisotopic (exact) mass is 450 g/mol. The fourth-order valence-electron chi connectivity index (χ4n) is 3.81. The first kappa shape index (κ1) is 25.3. The molecule has 0 spiro atoms. The third-order valence-electron chi connectivity index (χ3n) is 5.96. The van der Waals surface area contributed by atoms with Crippen LogP contribution in [0.3, 0.4) is 0 Å². The highest BCUT2D eigenvalue weighted by atomic mass is 19.1. The quantitative estimate of drug-likeness (QED) is 0.226. The summed E-state index contributed by atoms with van der Waals surface area (Å²) in [5.74, 6) is 12.5. The van der Waals surface area contributed by atoms with Crippen LogP contribution in [0, 0.1) is 29.5 Å². The second-order valence-electron chi connectivity index (χ2n) is 8.85. The van der Waals surface area contributed by atoms with Gasteiger partial charge in [-0.25, -0.2) is 4.39 Å². The number of unbranched alkanes of at least 4 members (excludes halogenated alkanes) is 5. The first-order valence-electron chi connectivity index (χ1n) is 12.7. The van der Waals surface area contributed by atoms with Crippen molar-refractivity contribution in [3.63, 3.8) is 0 Å². The fraction of sp³-hybridized carbons (Fsp3) is 0.333. The first-order chi connectivity index (χ1) is 16.7. The van der Waals surface area contributed by atoms with Gasteiger partial charge in [0.05, 0.1) is 0 Å². The Kier molecular flexibility index (Phi) is 10.5. The molecule has 0 nitrogen and oxygen atoms in total. The molecule has 0 aliphatic rings. The number of aryl methyl sites for hydroxylation is 2. The van der Waals surface area contributed by atoms with Crippen LogP contribution in [0.15, 0.2) is 66.7 Å². The molecule has 174 valence electrons. The molecule has 0 fully saturated rings. The summed E-state index contributed by atoms with van der Waals surface area (Å²) < 4.78 is 14.2. The Morgan fingerprint density at radius 1 is 0.529 bits per heavy atom. The Morgan fingerprint density at radius 3 is 1.59 bits per heavy atom. The molecule has 3 rings (SSSR count). The van der Waals surface area contributed by atoms with Crippen molar-refractivity contribution in [2.45, 2.75) is 71.6 Å². The van der Waals surface area contributed by atoms with Gasteiger partial charge in [0.2, 0.25) is 0 Å². The highest BCUT2D eigenvalue weighted by molar-refractivity contribution is 5.48. The van der Waals surface area contributed by atoms with Crippen molar-refractivity contribution in [2.75, 3.05) is 0 Å². The van der Waals surface area contributed by atoms with E-state index in [-0.39, 0.29) is 5.82 Å². The maximum Gasteiger partial charge on any atom is 0.127 e. The van der Waals surface area contributed by atoms with Crippen LogP contribution in [0.25, 0.3) is 0 Å². The largest absolute Gasteiger partial charge is 0.207 e.